The third kappa shape index (κ3) is 9.42. The Morgan fingerprint density at radius 2 is 0.526 bits per heavy atom. The van der Waals surface area contributed by atoms with Crippen LogP contribution in [0.15, 0.2) is 370 Å². The van der Waals surface area contributed by atoms with Crippen LogP contribution in [0.5, 0.6) is 0 Å². The molecule has 0 fully saturated rings. The molecule has 0 aromatic heterocycles. The number of hydrogen-bond donors (Lipinski definition) is 0. The number of nitrogens with zero attached hydrogens (tertiary/aromatic N) is 2. The summed E-state index contributed by atoms with van der Waals surface area (Å²) in [5.41, 5.74) is 31.6. The topological polar surface area (TPSA) is 6.48 Å². The molecular weight excluding hydrogens is 1140 g/mol. The van der Waals surface area contributed by atoms with E-state index in [1.807, 2.05) is 0 Å². The second-order valence-corrected chi connectivity index (χ2v) is 24.9. The lowest BCUT2D eigenvalue weighted by Gasteiger charge is -2.45. The van der Waals surface area contributed by atoms with Crippen molar-refractivity contribution in [1.29, 1.82) is 0 Å². The van der Waals surface area contributed by atoms with Crippen LogP contribution in [0, 0.1) is 0 Å². The standard InChI is InChI=1S/C92H61BN2/c1-8-29-62(30-9-1)69-53-56-72(64-33-12-3-13-34-64)81(59-69)89-79-45-24-22-43-77(79)88(78-44-23-25-46-80(78)89)71-54-57-82-87(61-71)95(92-75(67-39-18-6-19-40-67)49-27-50-76(92)68-41-20-7-21-42-68)86-52-28-51-85-90(86)93(82)83-60-70(63-31-10-2-11-32-63)55-58-84(83)94(85)91-73(65-35-14-4-15-36-65)47-26-48-74(91)66-37-16-5-17-38-66/h1-61H. The Balaban J connectivity index is 0.951. The smallest absolute Gasteiger partial charge is 0.252 e. The van der Waals surface area contributed by atoms with Gasteiger partial charge < -0.3 is 9.80 Å². The molecule has 3 heteroatoms. The molecule has 0 unspecified atom stereocenters. The molecule has 0 bridgehead atoms. The SMILES string of the molecule is c1ccc(-c2ccc3c(c2)B2c4ccc(-c5c6ccccc6c(-c6cc(-c7ccccc7)ccc6-c6ccccc6)c6ccccc56)cc4N(c4c(-c5ccccc5)cccc4-c4ccccc4)c4cccc(c42)N3c2c(-c3ccccc3)cccc2-c2ccccc2)cc1. The Bertz CT molecular complexity index is 5410. The lowest BCUT2D eigenvalue weighted by molar-refractivity contribution is 1.25. The van der Waals surface area contributed by atoms with Crippen molar-refractivity contribution in [1.82, 2.24) is 0 Å². The van der Waals surface area contributed by atoms with Crippen LogP contribution in [0.3, 0.4) is 0 Å². The fourth-order valence-electron chi connectivity index (χ4n) is 15.5. The normalized spacial score (nSPS) is 12.1. The van der Waals surface area contributed by atoms with Gasteiger partial charge in [0.15, 0.2) is 0 Å². The number of rotatable bonds is 11. The van der Waals surface area contributed by atoms with Crippen LogP contribution in [0.1, 0.15) is 0 Å². The van der Waals surface area contributed by atoms with E-state index in [2.05, 4.69) is 380 Å². The predicted molar refractivity (Wildman–Crippen MR) is 404 cm³/mol. The molecule has 2 heterocycles. The maximum absolute atomic E-state index is 2.66. The first kappa shape index (κ1) is 55.5. The van der Waals surface area contributed by atoms with E-state index in [4.69, 9.17) is 0 Å². The second kappa shape index (κ2) is 23.4. The summed E-state index contributed by atoms with van der Waals surface area (Å²) in [5.74, 6) is 0. The van der Waals surface area contributed by atoms with E-state index in [1.165, 1.54) is 88.0 Å². The Morgan fingerprint density at radius 1 is 0.179 bits per heavy atom. The van der Waals surface area contributed by atoms with Gasteiger partial charge in [-0.25, -0.2) is 0 Å². The summed E-state index contributed by atoms with van der Waals surface area (Å²) < 4.78 is 0. The number of benzene rings is 16. The molecule has 442 valence electrons. The Labute approximate surface area is 555 Å². The van der Waals surface area contributed by atoms with E-state index in [1.54, 1.807) is 0 Å². The number of hydrogen-bond acceptors (Lipinski definition) is 2. The molecular formula is C92H61BN2. The molecule has 2 nitrogen and oxygen atoms in total. The minimum atomic E-state index is -0.186. The zero-order valence-corrected chi connectivity index (χ0v) is 52.2. The van der Waals surface area contributed by atoms with Gasteiger partial charge >= 0.3 is 0 Å². The van der Waals surface area contributed by atoms with Crippen molar-refractivity contribution in [2.24, 2.45) is 0 Å². The lowest BCUT2D eigenvalue weighted by atomic mass is 9.33. The third-order valence-corrected chi connectivity index (χ3v) is 19.7. The van der Waals surface area contributed by atoms with Crippen molar-refractivity contribution in [2.75, 3.05) is 9.80 Å². The summed E-state index contributed by atoms with van der Waals surface area (Å²) >= 11 is 0. The van der Waals surface area contributed by atoms with Crippen molar-refractivity contribution in [2.45, 2.75) is 0 Å². The van der Waals surface area contributed by atoms with E-state index < -0.39 is 0 Å². The zero-order valence-electron chi connectivity index (χ0n) is 52.2. The Morgan fingerprint density at radius 3 is 0.968 bits per heavy atom. The van der Waals surface area contributed by atoms with Gasteiger partial charge in [-0.3, -0.25) is 0 Å². The van der Waals surface area contributed by atoms with Gasteiger partial charge in [0.2, 0.25) is 0 Å². The molecule has 0 saturated heterocycles. The minimum Gasteiger partial charge on any atom is -0.310 e. The fraction of sp³-hybridized carbons (Fsp3) is 0. The lowest BCUT2D eigenvalue weighted by Crippen LogP contribution is -2.61. The molecule has 0 amide bonds. The summed E-state index contributed by atoms with van der Waals surface area (Å²) in [6.45, 7) is -0.186. The maximum atomic E-state index is 2.66. The van der Waals surface area contributed by atoms with E-state index in [-0.39, 0.29) is 6.71 Å². The first-order chi connectivity index (χ1) is 47.2. The monoisotopic (exact) mass is 1200 g/mol. The molecule has 16 aromatic carbocycles. The molecule has 0 radical (unpaired) electrons. The quantitative estimate of drug-likeness (QED) is 0.0941. The minimum absolute atomic E-state index is 0.186. The Hall–Kier alpha value is -12.3. The van der Waals surface area contributed by atoms with Gasteiger partial charge in [-0.2, -0.15) is 0 Å². The molecule has 0 spiro atoms. The summed E-state index contributed by atoms with van der Waals surface area (Å²) in [6.07, 6.45) is 0. The van der Waals surface area contributed by atoms with Crippen LogP contribution >= 0.6 is 0 Å². The van der Waals surface area contributed by atoms with E-state index in [0.29, 0.717) is 0 Å². The first-order valence-corrected chi connectivity index (χ1v) is 32.9. The van der Waals surface area contributed by atoms with Gasteiger partial charge in [-0.1, -0.05) is 340 Å². The van der Waals surface area contributed by atoms with Gasteiger partial charge in [-0.15, -0.1) is 0 Å². The average molecular weight is 1210 g/mol. The van der Waals surface area contributed by atoms with E-state index in [9.17, 15) is 0 Å². The molecule has 16 aromatic rings. The van der Waals surface area contributed by atoms with Crippen LogP contribution in [0.2, 0.25) is 0 Å². The summed E-state index contributed by atoms with van der Waals surface area (Å²) in [6, 6.07) is 137. The van der Waals surface area contributed by atoms with Gasteiger partial charge in [0.1, 0.15) is 0 Å². The van der Waals surface area contributed by atoms with Crippen LogP contribution in [0.25, 0.3) is 122 Å². The largest absolute Gasteiger partial charge is 0.310 e. The highest BCUT2D eigenvalue weighted by atomic mass is 15.2. The molecule has 95 heavy (non-hydrogen) atoms. The van der Waals surface area contributed by atoms with Crippen molar-refractivity contribution in [3.05, 3.63) is 370 Å². The first-order valence-electron chi connectivity index (χ1n) is 32.9. The summed E-state index contributed by atoms with van der Waals surface area (Å²) in [5, 5.41) is 4.80. The predicted octanol–water partition coefficient (Wildman–Crippen LogP) is 23.1. The molecule has 0 atom stereocenters. The van der Waals surface area contributed by atoms with E-state index >= 15 is 0 Å². The van der Waals surface area contributed by atoms with Crippen LogP contribution in [-0.2, 0) is 0 Å². The molecule has 0 saturated carbocycles. The highest BCUT2D eigenvalue weighted by molar-refractivity contribution is 7.00. The van der Waals surface area contributed by atoms with Crippen LogP contribution in [-0.4, -0.2) is 6.71 Å². The Kier molecular flexibility index (Phi) is 13.7. The van der Waals surface area contributed by atoms with Crippen molar-refractivity contribution in [3.8, 4) is 100 Å². The van der Waals surface area contributed by atoms with Crippen molar-refractivity contribution >= 4 is 78.8 Å². The number of para-hydroxylation sites is 2. The highest BCUT2D eigenvalue weighted by Crippen LogP contribution is 2.54. The molecule has 0 aliphatic carbocycles. The highest BCUT2D eigenvalue weighted by Gasteiger charge is 2.45. The number of anilines is 6. The molecule has 0 N–H and O–H groups in total. The number of fused-ring (bicyclic) bond motifs is 6. The van der Waals surface area contributed by atoms with E-state index in [0.717, 1.165) is 84.2 Å². The van der Waals surface area contributed by atoms with Crippen LogP contribution in [0.4, 0.5) is 34.1 Å². The summed E-state index contributed by atoms with van der Waals surface area (Å²) in [4.78, 5) is 5.27. The van der Waals surface area contributed by atoms with Crippen LogP contribution < -0.4 is 26.2 Å². The van der Waals surface area contributed by atoms with Gasteiger partial charge in [0, 0.05) is 45.0 Å². The second-order valence-electron chi connectivity index (χ2n) is 24.9. The van der Waals surface area contributed by atoms with Gasteiger partial charge in [0.25, 0.3) is 6.71 Å². The summed E-state index contributed by atoms with van der Waals surface area (Å²) in [7, 11) is 0. The third-order valence-electron chi connectivity index (χ3n) is 19.7. The van der Waals surface area contributed by atoms with Gasteiger partial charge in [-0.05, 0) is 146 Å². The van der Waals surface area contributed by atoms with Gasteiger partial charge in [0.05, 0.1) is 11.4 Å². The average Bonchev–Trinajstić information content (AvgIpc) is 0.708. The zero-order chi connectivity index (χ0) is 62.8. The molecule has 2 aliphatic rings. The van der Waals surface area contributed by atoms with Crippen molar-refractivity contribution < 1.29 is 0 Å². The fourth-order valence-corrected chi connectivity index (χ4v) is 15.5. The molecule has 18 rings (SSSR count). The van der Waals surface area contributed by atoms with Crippen molar-refractivity contribution in [3.63, 3.8) is 0 Å². The maximum Gasteiger partial charge on any atom is 0.252 e. The molecule has 2 aliphatic heterocycles.